The maximum Gasteiger partial charge on any atom is 0.146 e. The molecule has 0 saturated carbocycles. The van der Waals surface area contributed by atoms with E-state index in [0.717, 1.165) is 19.3 Å². The molecule has 0 saturated heterocycles. The van der Waals surface area contributed by atoms with E-state index in [1.54, 1.807) is 14.0 Å². The third-order valence-corrected chi connectivity index (χ3v) is 3.05. The van der Waals surface area contributed by atoms with Crippen LogP contribution in [0, 0.1) is 6.92 Å². The highest BCUT2D eigenvalue weighted by Gasteiger charge is 2.05. The molecule has 1 aromatic rings. The van der Waals surface area contributed by atoms with Gasteiger partial charge in [0, 0.05) is 6.54 Å². The van der Waals surface area contributed by atoms with Gasteiger partial charge in [0.25, 0.3) is 0 Å². The third kappa shape index (κ3) is 10.9. The Balaban J connectivity index is 0. The van der Waals surface area contributed by atoms with Crippen LogP contribution in [0.5, 0.6) is 0 Å². The maximum absolute atomic E-state index is 10.5. The summed E-state index contributed by atoms with van der Waals surface area (Å²) in [5.41, 5.74) is 2.51. The van der Waals surface area contributed by atoms with Crippen LogP contribution in [0.15, 0.2) is 37.4 Å². The lowest BCUT2D eigenvalue weighted by molar-refractivity contribution is -0.118. The number of carbonyl (C=O) groups is 2. The van der Waals surface area contributed by atoms with Crippen molar-refractivity contribution in [3.8, 4) is 0 Å². The second kappa shape index (κ2) is 15.6. The van der Waals surface area contributed by atoms with Crippen LogP contribution in [0.25, 0.3) is 0 Å². The summed E-state index contributed by atoms with van der Waals surface area (Å²) < 4.78 is 0. The fraction of sp³-hybridized carbons (Fsp3) is 0.444. The van der Waals surface area contributed by atoms with Crippen LogP contribution in [0.2, 0.25) is 0 Å². The summed E-state index contributed by atoms with van der Waals surface area (Å²) in [6, 6.07) is 8.21. The van der Waals surface area contributed by atoms with E-state index in [2.05, 4.69) is 42.8 Å². The van der Waals surface area contributed by atoms with Crippen LogP contribution in [0.1, 0.15) is 31.4 Å². The molecule has 0 aliphatic rings. The minimum Gasteiger partial charge on any atom is -0.311 e. The molecule has 22 heavy (non-hydrogen) atoms. The third-order valence-electron chi connectivity index (χ3n) is 3.05. The van der Waals surface area contributed by atoms with Crippen molar-refractivity contribution < 1.29 is 9.59 Å². The summed E-state index contributed by atoms with van der Waals surface area (Å²) in [7, 11) is 1.80. The fourth-order valence-electron chi connectivity index (χ4n) is 1.77. The smallest absolute Gasteiger partial charge is 0.146 e. The first kappa shape index (κ1) is 22.5. The molecule has 0 bridgehead atoms. The zero-order chi connectivity index (χ0) is 17.4. The van der Waals surface area contributed by atoms with Gasteiger partial charge in [-0.25, -0.2) is 0 Å². The Morgan fingerprint density at radius 3 is 2.27 bits per heavy atom. The standard InChI is InChI=1S/C10H13NO.C6H13NO.C2H4/c1-9-4-2-3-5-10(9)8-11-6-7-12;1-4-6(7-3)5(2)8;1-2/h2-5,7,11H,6,8H2,1H3;6-7H,4H2,1-3H3;1-2H2/t;6-;/m.1./s1. The van der Waals surface area contributed by atoms with E-state index in [0.29, 0.717) is 6.54 Å². The van der Waals surface area contributed by atoms with Crippen LogP contribution in [0.3, 0.4) is 0 Å². The molecule has 0 spiro atoms. The molecule has 2 N–H and O–H groups in total. The van der Waals surface area contributed by atoms with Crippen molar-refractivity contribution in [2.24, 2.45) is 0 Å². The van der Waals surface area contributed by atoms with Crippen molar-refractivity contribution in [1.82, 2.24) is 10.6 Å². The average molecular weight is 306 g/mol. The monoisotopic (exact) mass is 306 g/mol. The molecule has 0 aliphatic heterocycles. The first-order valence-corrected chi connectivity index (χ1v) is 7.43. The molecule has 4 nitrogen and oxygen atoms in total. The van der Waals surface area contributed by atoms with E-state index < -0.39 is 0 Å². The molecule has 0 aromatic heterocycles. The number of aryl methyl sites for hydroxylation is 1. The summed E-state index contributed by atoms with van der Waals surface area (Å²) in [5, 5.41) is 5.93. The van der Waals surface area contributed by atoms with Crippen molar-refractivity contribution in [2.45, 2.75) is 39.8 Å². The lowest BCUT2D eigenvalue weighted by Crippen LogP contribution is -2.31. The molecule has 0 fully saturated rings. The van der Waals surface area contributed by atoms with Gasteiger partial charge in [-0.1, -0.05) is 31.2 Å². The summed E-state index contributed by atoms with van der Waals surface area (Å²) in [6.07, 6.45) is 1.75. The van der Waals surface area contributed by atoms with Crippen molar-refractivity contribution in [2.75, 3.05) is 13.6 Å². The Morgan fingerprint density at radius 1 is 1.32 bits per heavy atom. The van der Waals surface area contributed by atoms with Crippen LogP contribution in [-0.4, -0.2) is 31.7 Å². The van der Waals surface area contributed by atoms with Gasteiger partial charge in [-0.05, 0) is 38.4 Å². The Labute approximate surface area is 135 Å². The number of carbonyl (C=O) groups excluding carboxylic acids is 2. The summed E-state index contributed by atoms with van der Waals surface area (Å²) in [4.78, 5) is 20.6. The number of nitrogens with one attached hydrogen (secondary N) is 2. The van der Waals surface area contributed by atoms with Gasteiger partial charge in [0.2, 0.25) is 0 Å². The SMILES string of the molecule is C=C.CC[C@@H](NC)C(C)=O.Cc1ccccc1CNCC=O. The highest BCUT2D eigenvalue weighted by molar-refractivity contribution is 5.81. The Morgan fingerprint density at radius 2 is 1.91 bits per heavy atom. The first-order valence-electron chi connectivity index (χ1n) is 7.43. The van der Waals surface area contributed by atoms with Crippen LogP contribution in [-0.2, 0) is 16.1 Å². The molecule has 0 radical (unpaired) electrons. The van der Waals surface area contributed by atoms with E-state index in [9.17, 15) is 9.59 Å². The maximum atomic E-state index is 10.5. The van der Waals surface area contributed by atoms with Crippen LogP contribution < -0.4 is 10.6 Å². The summed E-state index contributed by atoms with van der Waals surface area (Å²) >= 11 is 0. The first-order chi connectivity index (χ1) is 10.6. The second-order valence-electron chi connectivity index (χ2n) is 4.58. The zero-order valence-corrected chi connectivity index (χ0v) is 14.3. The van der Waals surface area contributed by atoms with Gasteiger partial charge >= 0.3 is 0 Å². The van der Waals surface area contributed by atoms with Gasteiger partial charge in [-0.3, -0.25) is 4.79 Å². The number of hydrogen-bond acceptors (Lipinski definition) is 4. The van der Waals surface area contributed by atoms with Gasteiger partial charge in [0.05, 0.1) is 12.6 Å². The molecule has 0 amide bonds. The lowest BCUT2D eigenvalue weighted by atomic mass is 10.1. The Hall–Kier alpha value is -1.78. The Bertz CT molecular complexity index is 415. The van der Waals surface area contributed by atoms with E-state index >= 15 is 0 Å². The summed E-state index contributed by atoms with van der Waals surface area (Å²) in [6.45, 7) is 12.9. The number of Topliss-reactive ketones (excluding diaryl/α,β-unsaturated/α-hetero) is 1. The number of rotatable bonds is 7. The van der Waals surface area contributed by atoms with Gasteiger partial charge in [-0.15, -0.1) is 13.2 Å². The number of aldehydes is 1. The number of hydrogen-bond donors (Lipinski definition) is 2. The number of benzene rings is 1. The van der Waals surface area contributed by atoms with Crippen LogP contribution in [0.4, 0.5) is 0 Å². The van der Waals surface area contributed by atoms with E-state index in [-0.39, 0.29) is 11.8 Å². The van der Waals surface area contributed by atoms with Crippen molar-refractivity contribution in [1.29, 1.82) is 0 Å². The average Bonchev–Trinajstić information content (AvgIpc) is 2.53. The highest BCUT2D eigenvalue weighted by Crippen LogP contribution is 2.05. The van der Waals surface area contributed by atoms with Gasteiger partial charge in [0.15, 0.2) is 0 Å². The summed E-state index contributed by atoms with van der Waals surface area (Å²) in [5.74, 6) is 0.218. The quantitative estimate of drug-likeness (QED) is 0.462. The molecule has 1 aromatic carbocycles. The topological polar surface area (TPSA) is 58.2 Å². The van der Waals surface area contributed by atoms with Crippen LogP contribution >= 0.6 is 0 Å². The van der Waals surface area contributed by atoms with E-state index in [1.807, 2.05) is 19.1 Å². The lowest BCUT2D eigenvalue weighted by Gasteiger charge is -2.07. The van der Waals surface area contributed by atoms with Crippen molar-refractivity contribution in [3.63, 3.8) is 0 Å². The highest BCUT2D eigenvalue weighted by atomic mass is 16.1. The molecular weight excluding hydrogens is 276 g/mol. The molecule has 0 heterocycles. The molecule has 1 atom stereocenters. The minimum absolute atomic E-state index is 0.0648. The van der Waals surface area contributed by atoms with Crippen molar-refractivity contribution >= 4 is 12.1 Å². The van der Waals surface area contributed by atoms with Crippen molar-refractivity contribution in [3.05, 3.63) is 48.6 Å². The molecule has 0 unspecified atom stereocenters. The van der Waals surface area contributed by atoms with E-state index in [1.165, 1.54) is 11.1 Å². The predicted octanol–water partition coefficient (Wildman–Crippen LogP) is 2.66. The zero-order valence-electron chi connectivity index (χ0n) is 14.3. The Kier molecular flexibility index (Phi) is 16.0. The number of likely N-dealkylation sites (N-methyl/N-ethyl adjacent to an activating group) is 1. The van der Waals surface area contributed by atoms with E-state index in [4.69, 9.17) is 0 Å². The predicted molar refractivity (Wildman–Crippen MR) is 94.0 cm³/mol. The normalized spacial score (nSPS) is 10.4. The molecule has 4 heteroatoms. The van der Waals surface area contributed by atoms with Gasteiger partial charge < -0.3 is 15.4 Å². The molecule has 0 aliphatic carbocycles. The minimum atomic E-state index is 0.0648. The van der Waals surface area contributed by atoms with Gasteiger partial charge in [-0.2, -0.15) is 0 Å². The molecular formula is C18H30N2O2. The largest absolute Gasteiger partial charge is 0.311 e. The number of ketones is 1. The van der Waals surface area contributed by atoms with Gasteiger partial charge in [0.1, 0.15) is 12.1 Å². The molecule has 124 valence electrons. The second-order valence-corrected chi connectivity index (χ2v) is 4.58. The fourth-order valence-corrected chi connectivity index (χ4v) is 1.77. The molecule has 1 rings (SSSR count).